The van der Waals surface area contributed by atoms with Gasteiger partial charge in [0.1, 0.15) is 30.0 Å². The van der Waals surface area contributed by atoms with Gasteiger partial charge in [0.05, 0.1) is 11.1 Å². The summed E-state index contributed by atoms with van der Waals surface area (Å²) in [5.41, 5.74) is 3.82. The number of thiophene rings is 1. The Bertz CT molecular complexity index is 1350. The van der Waals surface area contributed by atoms with Crippen LogP contribution in [0.1, 0.15) is 34.9 Å². The minimum absolute atomic E-state index is 0.133. The quantitative estimate of drug-likeness (QED) is 0.393. The van der Waals surface area contributed by atoms with Crippen molar-refractivity contribution in [2.24, 2.45) is 5.92 Å². The van der Waals surface area contributed by atoms with E-state index in [2.05, 4.69) is 18.3 Å². The monoisotopic (exact) mass is 455 g/mol. The highest BCUT2D eigenvalue weighted by atomic mass is 32.1. The van der Waals surface area contributed by atoms with Crippen molar-refractivity contribution in [2.75, 3.05) is 5.32 Å². The average Bonchev–Trinajstić information content (AvgIpc) is 3.38. The van der Waals surface area contributed by atoms with E-state index in [0.29, 0.717) is 23.1 Å². The molecule has 1 amide bonds. The molecule has 166 valence electrons. The summed E-state index contributed by atoms with van der Waals surface area (Å²) in [6.07, 6.45) is 4.90. The molecule has 1 aliphatic rings. The third-order valence-corrected chi connectivity index (χ3v) is 7.37. The minimum Gasteiger partial charge on any atom is -0.488 e. The standard InChI is InChI=1S/C27H25N3O2S/c1-18-10-11-20-22(15-28)27(33-25(20)14-18)29-26(31)16-30-13-12-21-23(30)8-5-9-24(21)32-17-19-6-3-2-4-7-19/h2-9,12-13,18H,10-11,14,16-17H2,1H3,(H,29,31). The van der Waals surface area contributed by atoms with Crippen LogP contribution < -0.4 is 10.1 Å². The van der Waals surface area contributed by atoms with Crippen molar-refractivity contribution in [2.45, 2.75) is 39.3 Å². The molecule has 0 saturated heterocycles. The summed E-state index contributed by atoms with van der Waals surface area (Å²) in [5, 5.41) is 14.3. The van der Waals surface area contributed by atoms with Crippen molar-refractivity contribution in [3.8, 4) is 11.8 Å². The second-order valence-electron chi connectivity index (χ2n) is 8.62. The van der Waals surface area contributed by atoms with Crippen LogP contribution >= 0.6 is 11.3 Å². The number of aromatic nitrogens is 1. The molecule has 0 radical (unpaired) electrons. The third-order valence-electron chi connectivity index (χ3n) is 6.20. The van der Waals surface area contributed by atoms with Crippen LogP contribution in [0.5, 0.6) is 5.75 Å². The van der Waals surface area contributed by atoms with Crippen molar-refractivity contribution in [1.82, 2.24) is 4.57 Å². The molecule has 2 heterocycles. The number of nitrogens with one attached hydrogen (secondary N) is 1. The first-order valence-corrected chi connectivity index (χ1v) is 12.0. The van der Waals surface area contributed by atoms with Crippen LogP contribution in [0.15, 0.2) is 60.8 Å². The number of nitrogens with zero attached hydrogens (tertiary/aromatic N) is 2. The molecule has 1 unspecified atom stereocenters. The van der Waals surface area contributed by atoms with Gasteiger partial charge in [0.2, 0.25) is 5.91 Å². The topological polar surface area (TPSA) is 67.1 Å². The van der Waals surface area contributed by atoms with E-state index >= 15 is 0 Å². The maximum atomic E-state index is 12.9. The van der Waals surface area contributed by atoms with Crippen LogP contribution in [0.3, 0.4) is 0 Å². The van der Waals surface area contributed by atoms with Crippen LogP contribution in [0.2, 0.25) is 0 Å². The fourth-order valence-electron chi connectivity index (χ4n) is 4.47. The molecule has 0 aliphatic heterocycles. The Morgan fingerprint density at radius 3 is 2.88 bits per heavy atom. The van der Waals surface area contributed by atoms with E-state index in [-0.39, 0.29) is 12.5 Å². The van der Waals surface area contributed by atoms with Gasteiger partial charge in [-0.1, -0.05) is 43.3 Å². The zero-order valence-corrected chi connectivity index (χ0v) is 19.3. The van der Waals surface area contributed by atoms with Gasteiger partial charge in [-0.25, -0.2) is 0 Å². The highest BCUT2D eigenvalue weighted by Gasteiger charge is 2.24. The summed E-state index contributed by atoms with van der Waals surface area (Å²) >= 11 is 1.56. The molecular weight excluding hydrogens is 430 g/mol. The summed E-state index contributed by atoms with van der Waals surface area (Å²) in [4.78, 5) is 14.1. The van der Waals surface area contributed by atoms with Crippen molar-refractivity contribution >= 4 is 33.1 Å². The Morgan fingerprint density at radius 2 is 2.06 bits per heavy atom. The third kappa shape index (κ3) is 4.37. The molecule has 0 bridgehead atoms. The van der Waals surface area contributed by atoms with E-state index in [1.165, 1.54) is 4.88 Å². The van der Waals surface area contributed by atoms with E-state index in [1.807, 2.05) is 65.4 Å². The van der Waals surface area contributed by atoms with E-state index in [1.54, 1.807) is 11.3 Å². The first-order chi connectivity index (χ1) is 16.1. The van der Waals surface area contributed by atoms with E-state index in [4.69, 9.17) is 4.74 Å². The number of carbonyl (C=O) groups is 1. The average molecular weight is 456 g/mol. The normalized spacial score (nSPS) is 15.1. The summed E-state index contributed by atoms with van der Waals surface area (Å²) in [6, 6.07) is 20.2. The predicted molar refractivity (Wildman–Crippen MR) is 132 cm³/mol. The summed E-state index contributed by atoms with van der Waals surface area (Å²) < 4.78 is 7.97. The Hall–Kier alpha value is -3.56. The number of carbonyl (C=O) groups excluding carboxylic acids is 1. The molecule has 6 heteroatoms. The van der Waals surface area contributed by atoms with Gasteiger partial charge >= 0.3 is 0 Å². The van der Waals surface area contributed by atoms with Crippen LogP contribution in [0.25, 0.3) is 10.9 Å². The molecule has 33 heavy (non-hydrogen) atoms. The second kappa shape index (κ2) is 9.13. The number of hydrogen-bond donors (Lipinski definition) is 1. The molecule has 4 aromatic rings. The van der Waals surface area contributed by atoms with Crippen LogP contribution in [0.4, 0.5) is 5.00 Å². The van der Waals surface area contributed by atoms with Crippen LogP contribution in [0, 0.1) is 17.2 Å². The fourth-order valence-corrected chi connectivity index (χ4v) is 5.85. The van der Waals surface area contributed by atoms with Crippen molar-refractivity contribution in [3.05, 3.63) is 82.4 Å². The zero-order chi connectivity index (χ0) is 22.8. The lowest BCUT2D eigenvalue weighted by Gasteiger charge is -2.17. The van der Waals surface area contributed by atoms with Crippen molar-refractivity contribution in [3.63, 3.8) is 0 Å². The van der Waals surface area contributed by atoms with Gasteiger partial charge in [0.15, 0.2) is 0 Å². The number of benzene rings is 2. The lowest BCUT2D eigenvalue weighted by atomic mass is 9.89. The molecule has 1 aliphatic carbocycles. The number of amides is 1. The highest BCUT2D eigenvalue weighted by molar-refractivity contribution is 7.16. The predicted octanol–water partition coefficient (Wildman–Crippen LogP) is 5.92. The lowest BCUT2D eigenvalue weighted by molar-refractivity contribution is -0.116. The first-order valence-electron chi connectivity index (χ1n) is 11.2. The molecule has 0 spiro atoms. The van der Waals surface area contributed by atoms with Crippen molar-refractivity contribution in [1.29, 1.82) is 5.26 Å². The first kappa shape index (κ1) is 21.3. The molecule has 5 nitrogen and oxygen atoms in total. The van der Waals surface area contributed by atoms with Gasteiger partial charge in [-0.05, 0) is 54.5 Å². The SMILES string of the molecule is CC1CCc2c(sc(NC(=O)Cn3ccc4c(OCc5ccccc5)cccc43)c2C#N)C1. The van der Waals surface area contributed by atoms with Crippen LogP contribution in [-0.2, 0) is 30.8 Å². The number of rotatable bonds is 6. The number of fused-ring (bicyclic) bond motifs is 2. The fraction of sp³-hybridized carbons (Fsp3) is 0.259. The lowest BCUT2D eigenvalue weighted by Crippen LogP contribution is -2.18. The molecule has 0 fully saturated rings. The van der Waals surface area contributed by atoms with E-state index < -0.39 is 0 Å². The molecule has 2 aromatic heterocycles. The molecular formula is C27H25N3O2S. The number of anilines is 1. The second-order valence-corrected chi connectivity index (χ2v) is 9.73. The number of nitriles is 1. The zero-order valence-electron chi connectivity index (χ0n) is 18.5. The van der Waals surface area contributed by atoms with Gasteiger partial charge in [-0.2, -0.15) is 5.26 Å². The van der Waals surface area contributed by atoms with Gasteiger partial charge in [0, 0.05) is 16.5 Å². The van der Waals surface area contributed by atoms with Crippen molar-refractivity contribution < 1.29 is 9.53 Å². The largest absolute Gasteiger partial charge is 0.488 e. The summed E-state index contributed by atoms with van der Waals surface area (Å²) in [5.74, 6) is 1.28. The van der Waals surface area contributed by atoms with Gasteiger partial charge in [-0.15, -0.1) is 11.3 Å². The Balaban J connectivity index is 1.32. The molecule has 1 atom stereocenters. The maximum absolute atomic E-state index is 12.9. The van der Waals surface area contributed by atoms with Gasteiger partial charge in [-0.3, -0.25) is 4.79 Å². The Morgan fingerprint density at radius 1 is 1.21 bits per heavy atom. The van der Waals surface area contributed by atoms with E-state index in [9.17, 15) is 10.1 Å². The smallest absolute Gasteiger partial charge is 0.244 e. The Labute approximate surface area is 197 Å². The minimum atomic E-state index is -0.133. The molecule has 0 saturated carbocycles. The summed E-state index contributed by atoms with van der Waals surface area (Å²) in [6.45, 7) is 2.90. The summed E-state index contributed by atoms with van der Waals surface area (Å²) in [7, 11) is 0. The van der Waals surface area contributed by atoms with Gasteiger partial charge < -0.3 is 14.6 Å². The Kier molecular flexibility index (Phi) is 5.89. The molecule has 5 rings (SSSR count). The number of ether oxygens (including phenoxy) is 1. The van der Waals surface area contributed by atoms with Crippen LogP contribution in [-0.4, -0.2) is 10.5 Å². The van der Waals surface area contributed by atoms with E-state index in [0.717, 1.165) is 47.0 Å². The number of hydrogen-bond acceptors (Lipinski definition) is 4. The molecule has 1 N–H and O–H groups in total. The highest BCUT2D eigenvalue weighted by Crippen LogP contribution is 2.39. The maximum Gasteiger partial charge on any atom is 0.244 e. The van der Waals surface area contributed by atoms with Gasteiger partial charge in [0.25, 0.3) is 0 Å². The molecule has 2 aromatic carbocycles.